The van der Waals surface area contributed by atoms with Gasteiger partial charge in [-0.2, -0.15) is 4.98 Å². The van der Waals surface area contributed by atoms with Crippen molar-refractivity contribution in [3.63, 3.8) is 0 Å². The van der Waals surface area contributed by atoms with Crippen molar-refractivity contribution in [1.82, 2.24) is 15.5 Å². The molecule has 2 aromatic rings. The molecule has 4 nitrogen and oxygen atoms in total. The molecule has 0 spiro atoms. The second-order valence-electron chi connectivity index (χ2n) is 5.30. The van der Waals surface area contributed by atoms with E-state index < -0.39 is 0 Å². The highest BCUT2D eigenvalue weighted by atomic mass is 79.9. The van der Waals surface area contributed by atoms with Crippen LogP contribution in [0.15, 0.2) is 33.3 Å². The Labute approximate surface area is 127 Å². The fourth-order valence-corrected chi connectivity index (χ4v) is 3.17. The van der Waals surface area contributed by atoms with Gasteiger partial charge in [0.25, 0.3) is 0 Å². The smallest absolute Gasteiger partial charge is 0.230 e. The van der Waals surface area contributed by atoms with Crippen LogP contribution in [0.3, 0.4) is 0 Å². The predicted molar refractivity (Wildman–Crippen MR) is 81.5 cm³/mol. The van der Waals surface area contributed by atoms with E-state index in [0.29, 0.717) is 17.8 Å². The first-order chi connectivity index (χ1) is 9.76. The maximum absolute atomic E-state index is 5.47. The first-order valence-electron chi connectivity index (χ1n) is 7.03. The second kappa shape index (κ2) is 6.06. The third-order valence-corrected chi connectivity index (χ3v) is 4.50. The lowest BCUT2D eigenvalue weighted by molar-refractivity contribution is 0.289. The van der Waals surface area contributed by atoms with E-state index in [9.17, 15) is 0 Å². The summed E-state index contributed by atoms with van der Waals surface area (Å²) in [4.78, 5) is 4.58. The first kappa shape index (κ1) is 13.8. The van der Waals surface area contributed by atoms with E-state index in [0.717, 1.165) is 28.8 Å². The van der Waals surface area contributed by atoms with Gasteiger partial charge < -0.3 is 9.84 Å². The van der Waals surface area contributed by atoms with Crippen molar-refractivity contribution in [3.8, 4) is 11.4 Å². The third-order valence-electron chi connectivity index (χ3n) is 4.01. The molecule has 0 saturated heterocycles. The van der Waals surface area contributed by atoms with Crippen molar-refractivity contribution in [3.05, 3.63) is 34.6 Å². The fourth-order valence-electron chi connectivity index (χ4n) is 2.77. The summed E-state index contributed by atoms with van der Waals surface area (Å²) in [7, 11) is 2.03. The predicted octanol–water partition coefficient (Wildman–Crippen LogP) is 3.74. The number of rotatable bonds is 3. The maximum atomic E-state index is 5.47. The Morgan fingerprint density at radius 1 is 1.25 bits per heavy atom. The van der Waals surface area contributed by atoms with Gasteiger partial charge in [0.1, 0.15) is 0 Å². The van der Waals surface area contributed by atoms with E-state index in [1.165, 1.54) is 12.8 Å². The third kappa shape index (κ3) is 2.94. The van der Waals surface area contributed by atoms with Crippen molar-refractivity contribution in [1.29, 1.82) is 0 Å². The molecule has 1 fully saturated rings. The molecule has 106 valence electrons. The van der Waals surface area contributed by atoms with Crippen LogP contribution in [0.5, 0.6) is 0 Å². The Kier molecular flexibility index (Phi) is 4.17. The summed E-state index contributed by atoms with van der Waals surface area (Å²) >= 11 is 3.46. The monoisotopic (exact) mass is 335 g/mol. The topological polar surface area (TPSA) is 51.0 Å². The second-order valence-corrected chi connectivity index (χ2v) is 6.22. The molecule has 5 heteroatoms. The highest BCUT2D eigenvalue weighted by Gasteiger charge is 2.25. The largest absolute Gasteiger partial charge is 0.339 e. The summed E-state index contributed by atoms with van der Waals surface area (Å²) in [5, 5.41) is 7.46. The maximum Gasteiger partial charge on any atom is 0.230 e. The van der Waals surface area contributed by atoms with Gasteiger partial charge in [0.15, 0.2) is 0 Å². The first-order valence-corrected chi connectivity index (χ1v) is 7.82. The molecule has 1 aliphatic carbocycles. The Hall–Kier alpha value is -1.20. The van der Waals surface area contributed by atoms with Gasteiger partial charge in [-0.05, 0) is 44.9 Å². The minimum atomic E-state index is 0.410. The van der Waals surface area contributed by atoms with Crippen LogP contribution in [0, 0.1) is 0 Å². The molecule has 0 atom stereocenters. The van der Waals surface area contributed by atoms with Gasteiger partial charge in [-0.1, -0.05) is 33.2 Å². The van der Waals surface area contributed by atoms with Crippen molar-refractivity contribution in [2.75, 3.05) is 7.05 Å². The Morgan fingerprint density at radius 3 is 2.75 bits per heavy atom. The lowest BCUT2D eigenvalue weighted by atomic mass is 9.86. The minimum absolute atomic E-state index is 0.410. The lowest BCUT2D eigenvalue weighted by Crippen LogP contribution is -2.29. The van der Waals surface area contributed by atoms with Crippen LogP contribution in [-0.4, -0.2) is 23.2 Å². The molecular weight excluding hydrogens is 318 g/mol. The molecule has 0 unspecified atom stereocenters. The highest BCUT2D eigenvalue weighted by Crippen LogP contribution is 2.33. The Bertz CT molecular complexity index is 576. The van der Waals surface area contributed by atoms with Gasteiger partial charge in [0.05, 0.1) is 0 Å². The number of nitrogens with one attached hydrogen (secondary N) is 1. The quantitative estimate of drug-likeness (QED) is 0.928. The number of aromatic nitrogens is 2. The molecular formula is C15H18BrN3O. The Morgan fingerprint density at radius 2 is 2.05 bits per heavy atom. The average Bonchev–Trinajstić information content (AvgIpc) is 2.97. The summed E-state index contributed by atoms with van der Waals surface area (Å²) in [6.45, 7) is 0. The average molecular weight is 336 g/mol. The van der Waals surface area contributed by atoms with Crippen LogP contribution < -0.4 is 5.32 Å². The summed E-state index contributed by atoms with van der Waals surface area (Å²) in [5.74, 6) is 1.87. The molecule has 1 aromatic carbocycles. The molecule has 1 N–H and O–H groups in total. The van der Waals surface area contributed by atoms with Crippen molar-refractivity contribution >= 4 is 15.9 Å². The molecule has 1 heterocycles. The Balaban J connectivity index is 1.74. The molecule has 0 amide bonds. The summed E-state index contributed by atoms with van der Waals surface area (Å²) in [6.07, 6.45) is 4.59. The van der Waals surface area contributed by atoms with Gasteiger partial charge in [0, 0.05) is 22.0 Å². The zero-order chi connectivity index (χ0) is 13.9. The number of hydrogen-bond donors (Lipinski definition) is 1. The zero-order valence-electron chi connectivity index (χ0n) is 11.5. The minimum Gasteiger partial charge on any atom is -0.339 e. The summed E-state index contributed by atoms with van der Waals surface area (Å²) < 4.78 is 6.49. The molecule has 3 rings (SSSR count). The highest BCUT2D eigenvalue weighted by molar-refractivity contribution is 9.10. The van der Waals surface area contributed by atoms with E-state index in [1.807, 2.05) is 31.3 Å². The SMILES string of the molecule is CNC1CCC(c2nc(-c3cccc(Br)c3)no2)CC1. The standard InChI is InChI=1S/C15H18BrN3O/c1-17-13-7-5-10(6-8-13)15-18-14(19-20-15)11-3-2-4-12(16)9-11/h2-4,9-10,13,17H,5-8H2,1H3. The number of benzene rings is 1. The van der Waals surface area contributed by atoms with Crippen LogP contribution in [0.25, 0.3) is 11.4 Å². The van der Waals surface area contributed by atoms with Gasteiger partial charge >= 0.3 is 0 Å². The van der Waals surface area contributed by atoms with Gasteiger partial charge in [-0.15, -0.1) is 0 Å². The molecule has 1 aliphatic rings. The van der Waals surface area contributed by atoms with Gasteiger partial charge in [0.2, 0.25) is 11.7 Å². The van der Waals surface area contributed by atoms with Crippen LogP contribution >= 0.6 is 15.9 Å². The lowest BCUT2D eigenvalue weighted by Gasteiger charge is -2.25. The van der Waals surface area contributed by atoms with Crippen LogP contribution in [-0.2, 0) is 0 Å². The summed E-state index contributed by atoms with van der Waals surface area (Å²) in [6, 6.07) is 8.61. The van der Waals surface area contributed by atoms with E-state index in [1.54, 1.807) is 0 Å². The van der Waals surface area contributed by atoms with Crippen molar-refractivity contribution in [2.45, 2.75) is 37.6 Å². The van der Waals surface area contributed by atoms with Crippen molar-refractivity contribution < 1.29 is 4.52 Å². The van der Waals surface area contributed by atoms with Crippen LogP contribution in [0.4, 0.5) is 0 Å². The fraction of sp³-hybridized carbons (Fsp3) is 0.467. The normalized spacial score (nSPS) is 22.9. The van der Waals surface area contributed by atoms with E-state index in [-0.39, 0.29) is 0 Å². The molecule has 1 aromatic heterocycles. The summed E-state index contributed by atoms with van der Waals surface area (Å²) in [5.41, 5.74) is 0.985. The molecule has 1 saturated carbocycles. The number of hydrogen-bond acceptors (Lipinski definition) is 4. The van der Waals surface area contributed by atoms with Gasteiger partial charge in [-0.3, -0.25) is 0 Å². The number of nitrogens with zero attached hydrogens (tertiary/aromatic N) is 2. The van der Waals surface area contributed by atoms with E-state index in [4.69, 9.17) is 4.52 Å². The molecule has 20 heavy (non-hydrogen) atoms. The molecule has 0 radical (unpaired) electrons. The molecule has 0 bridgehead atoms. The van der Waals surface area contributed by atoms with Gasteiger partial charge in [-0.25, -0.2) is 0 Å². The zero-order valence-corrected chi connectivity index (χ0v) is 13.1. The van der Waals surface area contributed by atoms with Crippen LogP contribution in [0.1, 0.15) is 37.5 Å². The van der Waals surface area contributed by atoms with Crippen molar-refractivity contribution in [2.24, 2.45) is 0 Å². The number of halogens is 1. The molecule has 0 aliphatic heterocycles. The van der Waals surface area contributed by atoms with Crippen LogP contribution in [0.2, 0.25) is 0 Å². The van der Waals surface area contributed by atoms with E-state index in [2.05, 4.69) is 31.4 Å². The van der Waals surface area contributed by atoms with E-state index >= 15 is 0 Å².